The summed E-state index contributed by atoms with van der Waals surface area (Å²) in [6.45, 7) is 0. The van der Waals surface area contributed by atoms with Gasteiger partial charge in [-0.25, -0.2) is 4.39 Å². The SMILES string of the molecule is O=C(Nc1ccncc1)C1(c2cccc(F)c2)CCCC1. The standard InChI is InChI=1S/C17H17FN2O/c18-14-5-3-4-13(12-14)17(8-1-2-9-17)16(21)20-15-6-10-19-11-7-15/h3-7,10-12H,1-2,8-9H2,(H,19,20,21). The van der Waals surface area contributed by atoms with E-state index in [1.54, 1.807) is 30.6 Å². The number of aromatic nitrogens is 1. The maximum absolute atomic E-state index is 13.5. The van der Waals surface area contributed by atoms with E-state index in [-0.39, 0.29) is 11.7 Å². The number of halogens is 1. The van der Waals surface area contributed by atoms with E-state index in [9.17, 15) is 9.18 Å². The Morgan fingerprint density at radius 2 is 1.86 bits per heavy atom. The first-order valence-corrected chi connectivity index (χ1v) is 7.18. The summed E-state index contributed by atoms with van der Waals surface area (Å²) in [5, 5.41) is 2.94. The highest BCUT2D eigenvalue weighted by Crippen LogP contribution is 2.42. The highest BCUT2D eigenvalue weighted by Gasteiger charge is 2.42. The van der Waals surface area contributed by atoms with E-state index >= 15 is 0 Å². The van der Waals surface area contributed by atoms with Gasteiger partial charge >= 0.3 is 0 Å². The van der Waals surface area contributed by atoms with E-state index in [0.29, 0.717) is 0 Å². The normalized spacial score (nSPS) is 16.6. The van der Waals surface area contributed by atoms with E-state index in [0.717, 1.165) is 36.9 Å². The van der Waals surface area contributed by atoms with Crippen molar-refractivity contribution in [3.63, 3.8) is 0 Å². The fourth-order valence-electron chi connectivity index (χ4n) is 3.10. The lowest BCUT2D eigenvalue weighted by atomic mass is 9.78. The van der Waals surface area contributed by atoms with Gasteiger partial charge in [0.25, 0.3) is 0 Å². The van der Waals surface area contributed by atoms with Gasteiger partial charge in [0.1, 0.15) is 5.82 Å². The summed E-state index contributed by atoms with van der Waals surface area (Å²) in [5.41, 5.74) is 0.870. The molecule has 0 bridgehead atoms. The van der Waals surface area contributed by atoms with Crippen LogP contribution in [0.4, 0.5) is 10.1 Å². The van der Waals surface area contributed by atoms with Crippen LogP contribution in [-0.2, 0) is 10.2 Å². The molecule has 1 heterocycles. The van der Waals surface area contributed by atoms with Gasteiger partial charge in [0.2, 0.25) is 5.91 Å². The Labute approximate surface area is 123 Å². The number of hydrogen-bond donors (Lipinski definition) is 1. The number of nitrogens with one attached hydrogen (secondary N) is 1. The van der Waals surface area contributed by atoms with Crippen LogP contribution < -0.4 is 5.32 Å². The Morgan fingerprint density at radius 1 is 1.14 bits per heavy atom. The first-order valence-electron chi connectivity index (χ1n) is 7.18. The summed E-state index contributed by atoms with van der Waals surface area (Å²) >= 11 is 0. The Kier molecular flexibility index (Phi) is 3.69. The molecule has 1 aromatic heterocycles. The zero-order chi connectivity index (χ0) is 14.7. The van der Waals surface area contributed by atoms with Gasteiger partial charge in [0, 0.05) is 18.1 Å². The summed E-state index contributed by atoms with van der Waals surface area (Å²) in [4.78, 5) is 16.7. The number of amides is 1. The lowest BCUT2D eigenvalue weighted by Gasteiger charge is -2.28. The molecule has 4 heteroatoms. The molecule has 21 heavy (non-hydrogen) atoms. The molecule has 3 rings (SSSR count). The van der Waals surface area contributed by atoms with Crippen LogP contribution in [0.25, 0.3) is 0 Å². The molecule has 3 nitrogen and oxygen atoms in total. The number of hydrogen-bond acceptors (Lipinski definition) is 2. The number of carbonyl (C=O) groups is 1. The molecule has 2 aromatic rings. The van der Waals surface area contributed by atoms with E-state index in [2.05, 4.69) is 10.3 Å². The average molecular weight is 284 g/mol. The molecule has 0 aliphatic heterocycles. The van der Waals surface area contributed by atoms with Crippen molar-refractivity contribution in [3.05, 3.63) is 60.2 Å². The highest BCUT2D eigenvalue weighted by atomic mass is 19.1. The van der Waals surface area contributed by atoms with E-state index in [1.165, 1.54) is 12.1 Å². The molecule has 1 aliphatic carbocycles. The van der Waals surface area contributed by atoms with Crippen LogP contribution in [0.5, 0.6) is 0 Å². The molecule has 0 unspecified atom stereocenters. The number of nitrogens with zero attached hydrogens (tertiary/aromatic N) is 1. The van der Waals surface area contributed by atoms with Crippen LogP contribution in [0.1, 0.15) is 31.2 Å². The topological polar surface area (TPSA) is 42.0 Å². The third-order valence-corrected chi connectivity index (χ3v) is 4.21. The van der Waals surface area contributed by atoms with Crippen LogP contribution in [-0.4, -0.2) is 10.9 Å². The van der Waals surface area contributed by atoms with E-state index in [4.69, 9.17) is 0 Å². The smallest absolute Gasteiger partial charge is 0.235 e. The molecule has 0 spiro atoms. The van der Waals surface area contributed by atoms with Gasteiger partial charge in [-0.1, -0.05) is 25.0 Å². The Bertz CT molecular complexity index is 636. The second kappa shape index (κ2) is 5.64. The van der Waals surface area contributed by atoms with Gasteiger partial charge in [0.15, 0.2) is 0 Å². The maximum atomic E-state index is 13.5. The molecule has 1 N–H and O–H groups in total. The van der Waals surface area contributed by atoms with Crippen molar-refractivity contribution in [3.8, 4) is 0 Å². The van der Waals surface area contributed by atoms with Gasteiger partial charge in [-0.3, -0.25) is 9.78 Å². The van der Waals surface area contributed by atoms with Crippen molar-refractivity contribution in [2.24, 2.45) is 0 Å². The van der Waals surface area contributed by atoms with Gasteiger partial charge < -0.3 is 5.32 Å². The maximum Gasteiger partial charge on any atom is 0.235 e. The lowest BCUT2D eigenvalue weighted by molar-refractivity contribution is -0.121. The summed E-state index contributed by atoms with van der Waals surface area (Å²) in [7, 11) is 0. The van der Waals surface area contributed by atoms with Crippen molar-refractivity contribution < 1.29 is 9.18 Å². The number of anilines is 1. The number of benzene rings is 1. The Hall–Kier alpha value is -2.23. The lowest BCUT2D eigenvalue weighted by Crippen LogP contribution is -2.38. The number of pyridine rings is 1. The van der Waals surface area contributed by atoms with Crippen LogP contribution in [0.3, 0.4) is 0 Å². The molecule has 1 aromatic carbocycles. The van der Waals surface area contributed by atoms with Gasteiger partial charge in [-0.15, -0.1) is 0 Å². The Morgan fingerprint density at radius 3 is 2.52 bits per heavy atom. The minimum absolute atomic E-state index is 0.0585. The summed E-state index contributed by atoms with van der Waals surface area (Å²) in [6.07, 6.45) is 6.76. The fourth-order valence-corrected chi connectivity index (χ4v) is 3.10. The fraction of sp³-hybridized carbons (Fsp3) is 0.294. The van der Waals surface area contributed by atoms with E-state index in [1.807, 2.05) is 6.07 Å². The van der Waals surface area contributed by atoms with Crippen molar-refractivity contribution in [2.45, 2.75) is 31.1 Å². The molecular weight excluding hydrogens is 267 g/mol. The second-order valence-corrected chi connectivity index (χ2v) is 5.49. The van der Waals surface area contributed by atoms with Crippen molar-refractivity contribution >= 4 is 11.6 Å². The molecule has 1 amide bonds. The summed E-state index contributed by atoms with van der Waals surface area (Å²) in [5.74, 6) is -0.354. The summed E-state index contributed by atoms with van der Waals surface area (Å²) < 4.78 is 13.5. The second-order valence-electron chi connectivity index (χ2n) is 5.49. The van der Waals surface area contributed by atoms with Crippen LogP contribution in [0, 0.1) is 5.82 Å². The zero-order valence-corrected chi connectivity index (χ0v) is 11.7. The van der Waals surface area contributed by atoms with E-state index < -0.39 is 5.41 Å². The predicted octanol–water partition coefficient (Wildman–Crippen LogP) is 3.67. The average Bonchev–Trinajstić information content (AvgIpc) is 2.99. The number of rotatable bonds is 3. The molecule has 1 aliphatic rings. The van der Waals surface area contributed by atoms with Crippen molar-refractivity contribution in [1.82, 2.24) is 4.98 Å². The zero-order valence-electron chi connectivity index (χ0n) is 11.7. The number of carbonyl (C=O) groups excluding carboxylic acids is 1. The third-order valence-electron chi connectivity index (χ3n) is 4.21. The Balaban J connectivity index is 1.92. The van der Waals surface area contributed by atoms with Crippen molar-refractivity contribution in [1.29, 1.82) is 0 Å². The van der Waals surface area contributed by atoms with Crippen molar-refractivity contribution in [2.75, 3.05) is 5.32 Å². The largest absolute Gasteiger partial charge is 0.325 e. The van der Waals surface area contributed by atoms with Crippen LogP contribution in [0.15, 0.2) is 48.8 Å². The molecule has 0 saturated heterocycles. The first kappa shape index (κ1) is 13.7. The monoisotopic (exact) mass is 284 g/mol. The minimum Gasteiger partial charge on any atom is -0.325 e. The highest BCUT2D eigenvalue weighted by molar-refractivity contribution is 5.99. The quantitative estimate of drug-likeness (QED) is 0.934. The molecule has 108 valence electrons. The summed E-state index contributed by atoms with van der Waals surface area (Å²) in [6, 6.07) is 9.92. The molecule has 1 fully saturated rings. The minimum atomic E-state index is -0.620. The molecular formula is C17H17FN2O. The predicted molar refractivity (Wildman–Crippen MR) is 79.4 cm³/mol. The molecule has 0 radical (unpaired) electrons. The molecule has 0 atom stereocenters. The molecule has 1 saturated carbocycles. The van der Waals surface area contributed by atoms with Crippen LogP contribution >= 0.6 is 0 Å². The van der Waals surface area contributed by atoms with Gasteiger partial charge in [0.05, 0.1) is 5.41 Å². The third kappa shape index (κ3) is 2.66. The van der Waals surface area contributed by atoms with Gasteiger partial charge in [-0.05, 0) is 42.7 Å². The van der Waals surface area contributed by atoms with Crippen LogP contribution in [0.2, 0.25) is 0 Å². The first-order chi connectivity index (χ1) is 10.2. The van der Waals surface area contributed by atoms with Gasteiger partial charge in [-0.2, -0.15) is 0 Å².